The van der Waals surface area contributed by atoms with Crippen LogP contribution in [-0.2, 0) is 15.9 Å². The topological polar surface area (TPSA) is 76.6 Å². The molecule has 1 fully saturated rings. The van der Waals surface area contributed by atoms with E-state index in [1.165, 1.54) is 11.5 Å². The lowest BCUT2D eigenvalue weighted by molar-refractivity contribution is 0.181. The van der Waals surface area contributed by atoms with Crippen molar-refractivity contribution >= 4 is 34.1 Å². The van der Waals surface area contributed by atoms with Crippen LogP contribution >= 0.6 is 11.5 Å². The minimum absolute atomic E-state index is 0.310. The summed E-state index contributed by atoms with van der Waals surface area (Å²) in [6.07, 6.45) is 0.379. The minimum Gasteiger partial charge on any atom is -0.447 e. The van der Waals surface area contributed by atoms with Crippen molar-refractivity contribution < 1.29 is 14.3 Å². The van der Waals surface area contributed by atoms with Gasteiger partial charge in [-0.05, 0) is 18.2 Å². The van der Waals surface area contributed by atoms with Gasteiger partial charge in [-0.2, -0.15) is 4.37 Å². The smallest absolute Gasteiger partial charge is 0.414 e. The molecule has 0 saturated carbocycles. The normalized spacial score (nSPS) is 14.2. The van der Waals surface area contributed by atoms with E-state index in [9.17, 15) is 4.79 Å². The molecule has 1 saturated heterocycles. The van der Waals surface area contributed by atoms with Gasteiger partial charge in [-0.15, -0.1) is 0 Å². The maximum absolute atomic E-state index is 11.6. The Morgan fingerprint density at radius 1 is 1.50 bits per heavy atom. The Hall–Kier alpha value is -2.19. The molecule has 1 N–H and O–H groups in total. The van der Waals surface area contributed by atoms with Gasteiger partial charge < -0.3 is 14.8 Å². The van der Waals surface area contributed by atoms with Crippen molar-refractivity contribution in [3.05, 3.63) is 30.1 Å². The second-order valence-electron chi connectivity index (χ2n) is 4.70. The monoisotopic (exact) mass is 320 g/mol. The van der Waals surface area contributed by atoms with E-state index in [1.807, 2.05) is 24.3 Å². The Balaban J connectivity index is 1.70. The fourth-order valence-electron chi connectivity index (χ4n) is 2.10. The van der Waals surface area contributed by atoms with E-state index in [-0.39, 0.29) is 6.09 Å². The highest BCUT2D eigenvalue weighted by Crippen LogP contribution is 2.25. The summed E-state index contributed by atoms with van der Waals surface area (Å²) in [5.74, 6) is 0.758. The Kier molecular flexibility index (Phi) is 4.50. The zero-order chi connectivity index (χ0) is 15.4. The highest BCUT2D eigenvalue weighted by molar-refractivity contribution is 7.09. The summed E-state index contributed by atoms with van der Waals surface area (Å²) < 4.78 is 14.2. The molecule has 0 radical (unpaired) electrons. The van der Waals surface area contributed by atoms with Crippen LogP contribution in [-0.4, -0.2) is 42.3 Å². The first-order valence-corrected chi connectivity index (χ1v) is 7.66. The molecule has 1 aliphatic heterocycles. The molecule has 0 bridgehead atoms. The molecule has 2 heterocycles. The molecule has 8 heteroatoms. The summed E-state index contributed by atoms with van der Waals surface area (Å²) >= 11 is 1.30. The molecular formula is C14H16N4O3S. The van der Waals surface area contributed by atoms with Crippen LogP contribution < -0.4 is 10.2 Å². The van der Waals surface area contributed by atoms with E-state index >= 15 is 0 Å². The molecule has 0 spiro atoms. The number of carbonyl (C=O) groups excluding carboxylic acids is 1. The molecule has 1 aromatic heterocycles. The van der Waals surface area contributed by atoms with E-state index in [4.69, 9.17) is 9.47 Å². The predicted octanol–water partition coefficient (Wildman–Crippen LogP) is 2.43. The summed E-state index contributed by atoms with van der Waals surface area (Å²) in [5.41, 5.74) is 1.66. The largest absolute Gasteiger partial charge is 0.447 e. The van der Waals surface area contributed by atoms with Crippen LogP contribution in [0, 0.1) is 0 Å². The van der Waals surface area contributed by atoms with Crippen molar-refractivity contribution in [2.45, 2.75) is 6.42 Å². The van der Waals surface area contributed by atoms with Crippen molar-refractivity contribution in [3.8, 4) is 0 Å². The summed E-state index contributed by atoms with van der Waals surface area (Å²) in [5, 5.41) is 3.92. The Morgan fingerprint density at radius 3 is 3.18 bits per heavy atom. The van der Waals surface area contributed by atoms with E-state index in [1.54, 1.807) is 12.0 Å². The SMILES string of the molecule is COCCc1nsc(Nc2cccc(N3CCOC3=O)c2)n1. The lowest BCUT2D eigenvalue weighted by Crippen LogP contribution is -2.23. The van der Waals surface area contributed by atoms with Gasteiger partial charge in [0.1, 0.15) is 12.4 Å². The number of cyclic esters (lactones) is 1. The number of carbonyl (C=O) groups is 1. The zero-order valence-electron chi connectivity index (χ0n) is 12.1. The van der Waals surface area contributed by atoms with E-state index < -0.39 is 0 Å². The molecule has 1 aromatic carbocycles. The van der Waals surface area contributed by atoms with Crippen LogP contribution in [0.4, 0.5) is 21.3 Å². The minimum atomic E-state index is -0.310. The first-order chi connectivity index (χ1) is 10.8. The molecule has 0 unspecified atom stereocenters. The van der Waals surface area contributed by atoms with Gasteiger partial charge in [0.2, 0.25) is 5.13 Å². The van der Waals surface area contributed by atoms with Gasteiger partial charge in [-0.1, -0.05) is 6.07 Å². The Labute approximate surface area is 132 Å². The van der Waals surface area contributed by atoms with E-state index in [0.29, 0.717) is 31.3 Å². The molecule has 0 aliphatic carbocycles. The summed E-state index contributed by atoms with van der Waals surface area (Å²) in [6, 6.07) is 7.57. The number of amides is 1. The second-order valence-corrected chi connectivity index (χ2v) is 5.45. The average Bonchev–Trinajstić information content (AvgIpc) is 3.14. The van der Waals surface area contributed by atoms with Crippen LogP contribution in [0.3, 0.4) is 0 Å². The number of methoxy groups -OCH3 is 1. The zero-order valence-corrected chi connectivity index (χ0v) is 12.9. The van der Waals surface area contributed by atoms with Crippen LogP contribution in [0.5, 0.6) is 0 Å². The highest BCUT2D eigenvalue weighted by atomic mass is 32.1. The van der Waals surface area contributed by atoms with Gasteiger partial charge in [0.05, 0.1) is 13.2 Å². The standard InChI is InChI=1S/C14H16N4O3S/c1-20-7-5-12-16-13(22-17-12)15-10-3-2-4-11(9-10)18-6-8-21-14(18)19/h2-4,9H,5-8H2,1H3,(H,15,16,17). The number of ether oxygens (including phenoxy) is 2. The van der Waals surface area contributed by atoms with Gasteiger partial charge in [0.15, 0.2) is 0 Å². The second kappa shape index (κ2) is 6.71. The Morgan fingerprint density at radius 2 is 2.41 bits per heavy atom. The maximum atomic E-state index is 11.6. The molecule has 1 aliphatic rings. The molecule has 0 atom stereocenters. The molecule has 2 aromatic rings. The molecular weight excluding hydrogens is 304 g/mol. The fourth-order valence-corrected chi connectivity index (χ4v) is 2.74. The van der Waals surface area contributed by atoms with E-state index in [2.05, 4.69) is 14.7 Å². The van der Waals surface area contributed by atoms with Gasteiger partial charge in [0.25, 0.3) is 0 Å². The number of hydrogen-bond donors (Lipinski definition) is 1. The fraction of sp³-hybridized carbons (Fsp3) is 0.357. The lowest BCUT2D eigenvalue weighted by Gasteiger charge is -2.13. The van der Waals surface area contributed by atoms with Crippen molar-refractivity contribution in [3.63, 3.8) is 0 Å². The first-order valence-electron chi connectivity index (χ1n) is 6.89. The van der Waals surface area contributed by atoms with Crippen molar-refractivity contribution in [1.82, 2.24) is 9.36 Å². The maximum Gasteiger partial charge on any atom is 0.414 e. The third-order valence-electron chi connectivity index (χ3n) is 3.17. The van der Waals surface area contributed by atoms with Gasteiger partial charge in [-0.3, -0.25) is 4.90 Å². The van der Waals surface area contributed by atoms with Crippen molar-refractivity contribution in [1.29, 1.82) is 0 Å². The van der Waals surface area contributed by atoms with Crippen molar-refractivity contribution in [2.24, 2.45) is 0 Å². The predicted molar refractivity (Wildman–Crippen MR) is 83.9 cm³/mol. The molecule has 3 rings (SSSR count). The van der Waals surface area contributed by atoms with Gasteiger partial charge in [-0.25, -0.2) is 9.78 Å². The van der Waals surface area contributed by atoms with E-state index in [0.717, 1.165) is 17.2 Å². The number of anilines is 3. The summed E-state index contributed by atoms with van der Waals surface area (Å²) in [6.45, 7) is 1.60. The number of nitrogens with zero attached hydrogens (tertiary/aromatic N) is 3. The van der Waals surface area contributed by atoms with Crippen LogP contribution in [0.2, 0.25) is 0 Å². The summed E-state index contributed by atoms with van der Waals surface area (Å²) in [4.78, 5) is 17.6. The summed E-state index contributed by atoms with van der Waals surface area (Å²) in [7, 11) is 1.65. The van der Waals surface area contributed by atoms with Crippen molar-refractivity contribution in [2.75, 3.05) is 37.1 Å². The average molecular weight is 320 g/mol. The van der Waals surface area contributed by atoms with Crippen LogP contribution in [0.15, 0.2) is 24.3 Å². The molecule has 116 valence electrons. The lowest BCUT2D eigenvalue weighted by atomic mass is 10.2. The van der Waals surface area contributed by atoms with Gasteiger partial charge in [0, 0.05) is 36.4 Å². The molecule has 7 nitrogen and oxygen atoms in total. The number of hydrogen-bond acceptors (Lipinski definition) is 7. The van der Waals surface area contributed by atoms with Gasteiger partial charge >= 0.3 is 6.09 Å². The number of benzene rings is 1. The molecule has 22 heavy (non-hydrogen) atoms. The third kappa shape index (κ3) is 3.34. The quantitative estimate of drug-likeness (QED) is 0.881. The first kappa shape index (κ1) is 14.7. The highest BCUT2D eigenvalue weighted by Gasteiger charge is 2.23. The van der Waals surface area contributed by atoms with Crippen LogP contribution in [0.25, 0.3) is 0 Å². The Bertz CT molecular complexity index is 661. The van der Waals surface area contributed by atoms with Crippen LogP contribution in [0.1, 0.15) is 5.82 Å². The number of aromatic nitrogens is 2. The number of rotatable bonds is 6. The third-order valence-corrected chi connectivity index (χ3v) is 3.84. The molecule has 1 amide bonds. The number of nitrogens with one attached hydrogen (secondary N) is 1.